The van der Waals surface area contributed by atoms with Crippen LogP contribution in [0.1, 0.15) is 83.7 Å². The molecule has 0 atom stereocenters. The van der Waals surface area contributed by atoms with Crippen molar-refractivity contribution in [3.8, 4) is 0 Å². The first-order chi connectivity index (χ1) is 13.3. The topological polar surface area (TPSA) is 29.9 Å². The number of hydrogen-bond donors (Lipinski definition) is 1. The van der Waals surface area contributed by atoms with E-state index in [-0.39, 0.29) is 16.6 Å². The van der Waals surface area contributed by atoms with Crippen molar-refractivity contribution in [2.75, 3.05) is 11.9 Å². The summed E-state index contributed by atoms with van der Waals surface area (Å²) in [5.41, 5.74) is 0.0445. The van der Waals surface area contributed by atoms with Gasteiger partial charge in [0, 0.05) is 12.6 Å². The third-order valence-corrected chi connectivity index (χ3v) is 5.18. The molecule has 0 bridgehead atoms. The summed E-state index contributed by atoms with van der Waals surface area (Å²) in [7, 11) is 0. The summed E-state index contributed by atoms with van der Waals surface area (Å²) in [5, 5.41) is 3.37. The molecule has 0 fully saturated rings. The number of nitrogens with zero attached hydrogens (tertiary/aromatic N) is 2. The molecule has 0 amide bonds. The molecule has 0 radical (unpaired) electrons. The van der Waals surface area contributed by atoms with Gasteiger partial charge in [0.1, 0.15) is 0 Å². The minimum Gasteiger partial charge on any atom is -0.356 e. The average molecular weight is 418 g/mol. The largest absolute Gasteiger partial charge is 0.416 e. The van der Waals surface area contributed by atoms with Gasteiger partial charge in [-0.2, -0.15) is 13.2 Å². The molecule has 158 valence electrons. The van der Waals surface area contributed by atoms with Gasteiger partial charge in [-0.05, 0) is 32.4 Å². The second-order valence-electron chi connectivity index (χ2n) is 7.62. The van der Waals surface area contributed by atoms with E-state index in [4.69, 9.17) is 11.6 Å². The maximum absolute atomic E-state index is 13.1. The molecule has 0 spiro atoms. The van der Waals surface area contributed by atoms with Gasteiger partial charge in [0.15, 0.2) is 0 Å². The number of aromatic nitrogens is 2. The van der Waals surface area contributed by atoms with Crippen LogP contribution in [-0.4, -0.2) is 16.1 Å². The molecular weight excluding hydrogens is 387 g/mol. The van der Waals surface area contributed by atoms with Crippen molar-refractivity contribution < 1.29 is 13.2 Å². The van der Waals surface area contributed by atoms with E-state index < -0.39 is 11.7 Å². The molecule has 3 nitrogen and oxygen atoms in total. The van der Waals surface area contributed by atoms with E-state index in [0.29, 0.717) is 11.5 Å². The lowest BCUT2D eigenvalue weighted by molar-refractivity contribution is -0.137. The van der Waals surface area contributed by atoms with E-state index in [2.05, 4.69) is 17.2 Å². The number of halogens is 4. The van der Waals surface area contributed by atoms with Crippen LogP contribution in [0.3, 0.4) is 0 Å². The Labute approximate surface area is 170 Å². The molecule has 1 N–H and O–H groups in total. The molecular formula is C21H31ClF3N3. The van der Waals surface area contributed by atoms with Crippen molar-refractivity contribution in [2.24, 2.45) is 0 Å². The molecule has 0 saturated carbocycles. The molecule has 28 heavy (non-hydrogen) atoms. The highest BCUT2D eigenvalue weighted by Crippen LogP contribution is 2.37. The third-order valence-electron chi connectivity index (χ3n) is 4.90. The first-order valence-electron chi connectivity index (χ1n) is 10.3. The molecule has 0 aliphatic carbocycles. The highest BCUT2D eigenvalue weighted by atomic mass is 35.5. The summed E-state index contributed by atoms with van der Waals surface area (Å²) in [4.78, 5) is 4.40. The van der Waals surface area contributed by atoms with E-state index in [1.54, 1.807) is 0 Å². The van der Waals surface area contributed by atoms with Crippen LogP contribution in [0.4, 0.5) is 19.1 Å². The maximum Gasteiger partial charge on any atom is 0.416 e. The zero-order chi connectivity index (χ0) is 20.7. The van der Waals surface area contributed by atoms with Gasteiger partial charge in [-0.25, -0.2) is 4.98 Å². The summed E-state index contributed by atoms with van der Waals surface area (Å²) in [6, 6.07) is 2.08. The Balaban J connectivity index is 2.02. The van der Waals surface area contributed by atoms with E-state index in [1.807, 2.05) is 18.4 Å². The summed E-state index contributed by atoms with van der Waals surface area (Å²) in [6.45, 7) is 6.90. The fourth-order valence-electron chi connectivity index (χ4n) is 3.43. The van der Waals surface area contributed by atoms with Gasteiger partial charge < -0.3 is 9.88 Å². The Morgan fingerprint density at radius 2 is 1.64 bits per heavy atom. The summed E-state index contributed by atoms with van der Waals surface area (Å²) >= 11 is 6.20. The normalized spacial score (nSPS) is 12.3. The summed E-state index contributed by atoms with van der Waals surface area (Å²) in [5.74, 6) is 0.578. The Morgan fingerprint density at radius 1 is 1.04 bits per heavy atom. The smallest absolute Gasteiger partial charge is 0.356 e. The van der Waals surface area contributed by atoms with Gasteiger partial charge in [0.25, 0.3) is 0 Å². The average Bonchev–Trinajstić information content (AvgIpc) is 2.98. The molecule has 0 aliphatic rings. The van der Waals surface area contributed by atoms with Crippen molar-refractivity contribution in [1.82, 2.24) is 9.55 Å². The molecule has 0 unspecified atom stereocenters. The number of rotatable bonds is 11. The molecule has 0 saturated heterocycles. The molecule has 7 heteroatoms. The zero-order valence-corrected chi connectivity index (χ0v) is 17.8. The molecule has 1 heterocycles. The predicted molar refractivity (Wildman–Crippen MR) is 111 cm³/mol. The zero-order valence-electron chi connectivity index (χ0n) is 17.0. The minimum absolute atomic E-state index is 0.0281. The van der Waals surface area contributed by atoms with Crippen LogP contribution < -0.4 is 5.32 Å². The second-order valence-corrected chi connectivity index (χ2v) is 8.03. The van der Waals surface area contributed by atoms with E-state index in [0.717, 1.165) is 31.5 Å². The molecule has 1 aromatic heterocycles. The Morgan fingerprint density at radius 3 is 2.21 bits per heavy atom. The Kier molecular flexibility index (Phi) is 8.47. The Bertz CT molecular complexity index is 753. The number of benzene rings is 1. The van der Waals surface area contributed by atoms with E-state index >= 15 is 0 Å². The number of hydrogen-bond acceptors (Lipinski definition) is 2. The van der Waals surface area contributed by atoms with Crippen molar-refractivity contribution in [2.45, 2.75) is 84.4 Å². The van der Waals surface area contributed by atoms with Crippen molar-refractivity contribution in [1.29, 1.82) is 0 Å². The minimum atomic E-state index is -4.44. The van der Waals surface area contributed by atoms with Crippen LogP contribution in [0, 0.1) is 0 Å². The highest BCUT2D eigenvalue weighted by Gasteiger charge is 2.32. The first kappa shape index (κ1) is 22.9. The van der Waals surface area contributed by atoms with Gasteiger partial charge >= 0.3 is 6.18 Å². The van der Waals surface area contributed by atoms with Crippen LogP contribution in [-0.2, 0) is 6.18 Å². The number of fused-ring (bicyclic) bond motifs is 1. The molecule has 1 aromatic carbocycles. The van der Waals surface area contributed by atoms with Crippen LogP contribution in [0.5, 0.6) is 0 Å². The quantitative estimate of drug-likeness (QED) is 0.377. The highest BCUT2D eigenvalue weighted by molar-refractivity contribution is 6.35. The monoisotopic (exact) mass is 417 g/mol. The second kappa shape index (κ2) is 10.4. The fourth-order valence-corrected chi connectivity index (χ4v) is 3.74. The fraction of sp³-hybridized carbons (Fsp3) is 0.667. The number of unbranched alkanes of at least 4 members (excludes halogenated alkanes) is 7. The van der Waals surface area contributed by atoms with Crippen LogP contribution in [0.15, 0.2) is 12.1 Å². The van der Waals surface area contributed by atoms with Crippen molar-refractivity contribution >= 4 is 28.6 Å². The molecule has 2 aromatic rings. The lowest BCUT2D eigenvalue weighted by atomic mass is 10.1. The maximum atomic E-state index is 13.1. The summed E-state index contributed by atoms with van der Waals surface area (Å²) in [6.07, 6.45) is 5.37. The van der Waals surface area contributed by atoms with Crippen LogP contribution in [0.2, 0.25) is 5.02 Å². The van der Waals surface area contributed by atoms with Gasteiger partial charge in [-0.15, -0.1) is 0 Å². The summed E-state index contributed by atoms with van der Waals surface area (Å²) < 4.78 is 41.1. The number of alkyl halides is 3. The lowest BCUT2D eigenvalue weighted by Crippen LogP contribution is -2.11. The van der Waals surface area contributed by atoms with Gasteiger partial charge in [0.05, 0.1) is 21.6 Å². The number of anilines is 1. The van der Waals surface area contributed by atoms with E-state index in [9.17, 15) is 13.2 Å². The van der Waals surface area contributed by atoms with Gasteiger partial charge in [-0.1, -0.05) is 63.5 Å². The standard InChI is InChI=1S/C21H31ClF3N3/c1-4-5-6-7-8-9-10-11-12-26-20-27-18-14-16(21(23,24)25)13-17(22)19(18)28(20)15(2)3/h13-15H,4-12H2,1-3H3,(H,26,27). The van der Waals surface area contributed by atoms with Crippen LogP contribution >= 0.6 is 11.6 Å². The third kappa shape index (κ3) is 6.03. The Hall–Kier alpha value is -1.43. The molecule has 2 rings (SSSR count). The van der Waals surface area contributed by atoms with E-state index in [1.165, 1.54) is 38.5 Å². The number of nitrogens with one attached hydrogen (secondary N) is 1. The molecule has 0 aliphatic heterocycles. The predicted octanol–water partition coefficient (Wildman–Crippen LogP) is 7.84. The van der Waals surface area contributed by atoms with Gasteiger partial charge in [-0.3, -0.25) is 0 Å². The van der Waals surface area contributed by atoms with Crippen molar-refractivity contribution in [3.63, 3.8) is 0 Å². The van der Waals surface area contributed by atoms with Gasteiger partial charge in [0.2, 0.25) is 5.95 Å². The van der Waals surface area contributed by atoms with Crippen molar-refractivity contribution in [3.05, 3.63) is 22.7 Å². The lowest BCUT2D eigenvalue weighted by Gasteiger charge is -2.15. The number of imidazole rings is 1. The SMILES string of the molecule is CCCCCCCCCCNc1nc2cc(C(F)(F)F)cc(Cl)c2n1C(C)C. The van der Waals surface area contributed by atoms with Crippen LogP contribution in [0.25, 0.3) is 11.0 Å². The first-order valence-corrected chi connectivity index (χ1v) is 10.7.